The molecule has 0 heterocycles. The number of carbonyl (C=O) groups is 1. The largest absolute Gasteiger partial charge is 0.496 e. The minimum atomic E-state index is -0.145. The summed E-state index contributed by atoms with van der Waals surface area (Å²) in [5.74, 6) is 1.06. The summed E-state index contributed by atoms with van der Waals surface area (Å²) >= 11 is 5.49. The Morgan fingerprint density at radius 1 is 1.27 bits per heavy atom. The van der Waals surface area contributed by atoms with Crippen LogP contribution in [0.5, 0.6) is 11.5 Å². The summed E-state index contributed by atoms with van der Waals surface area (Å²) in [5.41, 5.74) is 1.37. The van der Waals surface area contributed by atoms with E-state index in [2.05, 4.69) is 0 Å². The summed E-state index contributed by atoms with van der Waals surface area (Å²) in [4.78, 5) is 11.4. The summed E-state index contributed by atoms with van der Waals surface area (Å²) in [6.45, 7) is 1.87. The average molecular weight is 229 g/mol. The monoisotopic (exact) mass is 228 g/mol. The van der Waals surface area contributed by atoms with Crippen molar-refractivity contribution in [2.45, 2.75) is 6.92 Å². The lowest BCUT2D eigenvalue weighted by Crippen LogP contribution is -2.03. The molecule has 82 valence electrons. The van der Waals surface area contributed by atoms with Crippen LogP contribution in [0.25, 0.3) is 0 Å². The molecule has 0 aliphatic rings. The van der Waals surface area contributed by atoms with Gasteiger partial charge in [-0.15, -0.1) is 11.6 Å². The molecule has 1 aromatic rings. The molecule has 0 saturated heterocycles. The fourth-order valence-corrected chi connectivity index (χ4v) is 1.48. The number of methoxy groups -OCH3 is 2. The van der Waals surface area contributed by atoms with Gasteiger partial charge in [0.1, 0.15) is 11.5 Å². The number of alkyl halides is 1. The number of ether oxygens (including phenoxy) is 2. The molecule has 3 nitrogen and oxygen atoms in total. The molecule has 0 unspecified atom stereocenters. The van der Waals surface area contributed by atoms with Crippen LogP contribution in [0.4, 0.5) is 0 Å². The first-order chi connectivity index (χ1) is 7.13. The van der Waals surface area contributed by atoms with Crippen molar-refractivity contribution in [2.24, 2.45) is 0 Å². The molecule has 0 amide bonds. The van der Waals surface area contributed by atoms with E-state index in [-0.39, 0.29) is 11.7 Å². The van der Waals surface area contributed by atoms with Crippen molar-refractivity contribution in [3.8, 4) is 11.5 Å². The second kappa shape index (κ2) is 5.03. The van der Waals surface area contributed by atoms with Gasteiger partial charge in [-0.25, -0.2) is 0 Å². The Morgan fingerprint density at radius 2 is 1.73 bits per heavy atom. The van der Waals surface area contributed by atoms with Crippen LogP contribution in [0.3, 0.4) is 0 Å². The van der Waals surface area contributed by atoms with Crippen LogP contribution < -0.4 is 9.47 Å². The minimum absolute atomic E-state index is 0.0463. The highest BCUT2D eigenvalue weighted by Crippen LogP contribution is 2.29. The third-order valence-corrected chi connectivity index (χ3v) is 2.44. The lowest BCUT2D eigenvalue weighted by atomic mass is 10.1. The first-order valence-electron chi connectivity index (χ1n) is 4.45. The van der Waals surface area contributed by atoms with Crippen LogP contribution in [0.2, 0.25) is 0 Å². The Kier molecular flexibility index (Phi) is 3.97. The molecule has 1 aromatic carbocycles. The number of hydrogen-bond acceptors (Lipinski definition) is 3. The summed E-state index contributed by atoms with van der Waals surface area (Å²) in [7, 11) is 3.10. The molecular formula is C11H13ClO3. The van der Waals surface area contributed by atoms with Gasteiger partial charge in [-0.2, -0.15) is 0 Å². The Balaban J connectivity index is 3.26. The lowest BCUT2D eigenvalue weighted by molar-refractivity contribution is 0.102. The van der Waals surface area contributed by atoms with E-state index in [9.17, 15) is 4.79 Å². The van der Waals surface area contributed by atoms with Crippen molar-refractivity contribution in [1.29, 1.82) is 0 Å². The number of carbonyl (C=O) groups excluding carboxylic acids is 1. The maximum absolute atomic E-state index is 11.4. The van der Waals surface area contributed by atoms with E-state index in [0.29, 0.717) is 17.1 Å². The average Bonchev–Trinajstić information content (AvgIpc) is 2.28. The van der Waals surface area contributed by atoms with Crippen molar-refractivity contribution in [2.75, 3.05) is 20.1 Å². The van der Waals surface area contributed by atoms with Gasteiger partial charge in [0.25, 0.3) is 0 Å². The van der Waals surface area contributed by atoms with Gasteiger partial charge in [-0.05, 0) is 19.1 Å². The zero-order valence-electron chi connectivity index (χ0n) is 8.96. The molecule has 0 atom stereocenters. The highest BCUT2D eigenvalue weighted by Gasteiger charge is 2.12. The normalized spacial score (nSPS) is 9.87. The first-order valence-corrected chi connectivity index (χ1v) is 4.99. The fraction of sp³-hybridized carbons (Fsp3) is 0.364. The van der Waals surface area contributed by atoms with Gasteiger partial charge in [-0.3, -0.25) is 4.79 Å². The van der Waals surface area contributed by atoms with Crippen LogP contribution in [-0.2, 0) is 0 Å². The SMILES string of the molecule is COc1cc(C(=O)CCl)cc(OC)c1C. The molecule has 0 fully saturated rings. The molecule has 0 spiro atoms. The molecule has 0 bridgehead atoms. The van der Waals surface area contributed by atoms with Crippen LogP contribution in [0, 0.1) is 6.92 Å². The van der Waals surface area contributed by atoms with E-state index < -0.39 is 0 Å². The summed E-state index contributed by atoms with van der Waals surface area (Å²) in [6, 6.07) is 3.34. The number of ketones is 1. The standard InChI is InChI=1S/C11H13ClO3/c1-7-10(14-2)4-8(9(13)6-12)5-11(7)15-3/h4-5H,6H2,1-3H3. The topological polar surface area (TPSA) is 35.5 Å². The maximum Gasteiger partial charge on any atom is 0.177 e. The second-order valence-electron chi connectivity index (χ2n) is 3.06. The molecule has 0 aromatic heterocycles. The quantitative estimate of drug-likeness (QED) is 0.587. The first kappa shape index (κ1) is 11.9. The minimum Gasteiger partial charge on any atom is -0.496 e. The molecule has 1 rings (SSSR count). The number of halogens is 1. The van der Waals surface area contributed by atoms with E-state index in [1.54, 1.807) is 26.4 Å². The smallest absolute Gasteiger partial charge is 0.177 e. The Bertz CT molecular complexity index is 349. The van der Waals surface area contributed by atoms with E-state index >= 15 is 0 Å². The van der Waals surface area contributed by atoms with E-state index in [1.165, 1.54) is 0 Å². The van der Waals surface area contributed by atoms with Gasteiger partial charge in [0.2, 0.25) is 0 Å². The predicted octanol–water partition coefficient (Wildman–Crippen LogP) is 2.43. The maximum atomic E-state index is 11.4. The van der Waals surface area contributed by atoms with Gasteiger partial charge in [-0.1, -0.05) is 0 Å². The number of rotatable bonds is 4. The van der Waals surface area contributed by atoms with Crippen molar-refractivity contribution in [3.63, 3.8) is 0 Å². The Hall–Kier alpha value is -1.22. The molecule has 4 heteroatoms. The van der Waals surface area contributed by atoms with Crippen LogP contribution in [0.15, 0.2) is 12.1 Å². The zero-order valence-corrected chi connectivity index (χ0v) is 9.72. The van der Waals surface area contributed by atoms with Crippen LogP contribution >= 0.6 is 11.6 Å². The van der Waals surface area contributed by atoms with Gasteiger partial charge in [0.15, 0.2) is 5.78 Å². The van der Waals surface area contributed by atoms with E-state index in [4.69, 9.17) is 21.1 Å². The second-order valence-corrected chi connectivity index (χ2v) is 3.33. The number of hydrogen-bond donors (Lipinski definition) is 0. The molecular weight excluding hydrogens is 216 g/mol. The fourth-order valence-electron chi connectivity index (χ4n) is 1.32. The summed E-state index contributed by atoms with van der Waals surface area (Å²) < 4.78 is 10.3. The predicted molar refractivity (Wildman–Crippen MR) is 59.3 cm³/mol. The third-order valence-electron chi connectivity index (χ3n) is 2.20. The molecule has 0 radical (unpaired) electrons. The van der Waals surface area contributed by atoms with Crippen molar-refractivity contribution < 1.29 is 14.3 Å². The van der Waals surface area contributed by atoms with E-state index in [0.717, 1.165) is 5.56 Å². The van der Waals surface area contributed by atoms with Crippen molar-refractivity contribution >= 4 is 17.4 Å². The third kappa shape index (κ3) is 2.42. The van der Waals surface area contributed by atoms with Gasteiger partial charge >= 0.3 is 0 Å². The summed E-state index contributed by atoms with van der Waals surface area (Å²) in [5, 5.41) is 0. The van der Waals surface area contributed by atoms with Crippen molar-refractivity contribution in [1.82, 2.24) is 0 Å². The highest BCUT2D eigenvalue weighted by atomic mass is 35.5. The van der Waals surface area contributed by atoms with Crippen LogP contribution in [-0.4, -0.2) is 25.9 Å². The van der Waals surface area contributed by atoms with Crippen molar-refractivity contribution in [3.05, 3.63) is 23.3 Å². The van der Waals surface area contributed by atoms with E-state index in [1.807, 2.05) is 6.92 Å². The Morgan fingerprint density at radius 3 is 2.07 bits per heavy atom. The Labute approximate surface area is 93.9 Å². The molecule has 0 aliphatic carbocycles. The lowest BCUT2D eigenvalue weighted by Gasteiger charge is -2.11. The molecule has 0 aliphatic heterocycles. The van der Waals surface area contributed by atoms with Gasteiger partial charge in [0, 0.05) is 11.1 Å². The molecule has 15 heavy (non-hydrogen) atoms. The van der Waals surface area contributed by atoms with Gasteiger partial charge in [0.05, 0.1) is 20.1 Å². The van der Waals surface area contributed by atoms with Gasteiger partial charge < -0.3 is 9.47 Å². The molecule has 0 N–H and O–H groups in total. The highest BCUT2D eigenvalue weighted by molar-refractivity contribution is 6.30. The molecule has 0 saturated carbocycles. The number of Topliss-reactive ketones (excluding diaryl/α,β-unsaturated/α-hetero) is 1. The number of benzene rings is 1. The zero-order chi connectivity index (χ0) is 11.4. The van der Waals surface area contributed by atoms with Crippen LogP contribution in [0.1, 0.15) is 15.9 Å². The summed E-state index contributed by atoms with van der Waals surface area (Å²) in [6.07, 6.45) is 0.